The minimum Gasteiger partial charge on any atom is -0.326 e. The molecule has 0 spiro atoms. The molecular weight excluding hydrogens is 544 g/mol. The Morgan fingerprint density at radius 1 is 0.921 bits per heavy atom. The van der Waals surface area contributed by atoms with E-state index in [-0.39, 0.29) is 5.91 Å². The number of hydrazone groups is 1. The SMILES string of the molecule is CCCCCCCCCCCCCCCCN1C(N/N=C\c2ccc(Br)cc2)=NC2C1C(=O)NC(=O)N2C. The molecule has 0 saturated carbocycles. The second-order valence-corrected chi connectivity index (χ2v) is 11.3. The first-order valence-corrected chi connectivity index (χ1v) is 15.3. The molecule has 2 aliphatic rings. The van der Waals surface area contributed by atoms with Gasteiger partial charge in [-0.25, -0.2) is 15.2 Å². The Labute approximate surface area is 236 Å². The summed E-state index contributed by atoms with van der Waals surface area (Å²) in [5.41, 5.74) is 3.97. The zero-order chi connectivity index (χ0) is 27.2. The maximum absolute atomic E-state index is 12.7. The zero-order valence-corrected chi connectivity index (χ0v) is 24.7. The molecule has 0 aliphatic carbocycles. The number of guanidine groups is 1. The Bertz CT molecular complexity index is 936. The van der Waals surface area contributed by atoms with Gasteiger partial charge in [0.25, 0.3) is 5.91 Å². The van der Waals surface area contributed by atoms with Crippen LogP contribution in [-0.4, -0.2) is 59.7 Å². The Kier molecular flexibility index (Phi) is 13.1. The van der Waals surface area contributed by atoms with Gasteiger partial charge < -0.3 is 9.80 Å². The van der Waals surface area contributed by atoms with E-state index < -0.39 is 18.2 Å². The quantitative estimate of drug-likeness (QED) is 0.125. The lowest BCUT2D eigenvalue weighted by Gasteiger charge is -2.36. The van der Waals surface area contributed by atoms with Gasteiger partial charge in [0.15, 0.2) is 12.2 Å². The van der Waals surface area contributed by atoms with Gasteiger partial charge in [-0.2, -0.15) is 5.10 Å². The summed E-state index contributed by atoms with van der Waals surface area (Å²) in [7, 11) is 1.67. The Hall–Kier alpha value is -2.42. The van der Waals surface area contributed by atoms with Crippen LogP contribution in [0.15, 0.2) is 38.8 Å². The monoisotopic (exact) mass is 588 g/mol. The third-order valence-electron chi connectivity index (χ3n) is 7.36. The molecule has 1 aromatic rings. The smallest absolute Gasteiger partial charge is 0.325 e. The molecule has 2 unspecified atom stereocenters. The first kappa shape index (κ1) is 30.1. The van der Waals surface area contributed by atoms with E-state index in [0.29, 0.717) is 12.5 Å². The number of urea groups is 1. The number of likely N-dealkylation sites (N-methyl/N-ethyl adjacent to an activating group) is 1. The minimum absolute atomic E-state index is 0.305. The van der Waals surface area contributed by atoms with Crippen molar-refractivity contribution in [3.8, 4) is 0 Å². The average molecular weight is 590 g/mol. The zero-order valence-electron chi connectivity index (χ0n) is 23.1. The number of imide groups is 1. The van der Waals surface area contributed by atoms with Crippen molar-refractivity contribution in [3.63, 3.8) is 0 Å². The van der Waals surface area contributed by atoms with E-state index in [1.807, 2.05) is 29.2 Å². The second kappa shape index (κ2) is 16.5. The van der Waals surface area contributed by atoms with Gasteiger partial charge in [-0.1, -0.05) is 118 Å². The van der Waals surface area contributed by atoms with Gasteiger partial charge in [-0.3, -0.25) is 10.1 Å². The van der Waals surface area contributed by atoms with Crippen LogP contribution in [-0.2, 0) is 4.79 Å². The third-order valence-corrected chi connectivity index (χ3v) is 7.89. The summed E-state index contributed by atoms with van der Waals surface area (Å²) in [5, 5.41) is 6.80. The number of hydrogen-bond acceptors (Lipinski definition) is 6. The van der Waals surface area contributed by atoms with Crippen LogP contribution in [0.3, 0.4) is 0 Å². The van der Waals surface area contributed by atoms with Crippen molar-refractivity contribution in [1.29, 1.82) is 0 Å². The molecule has 38 heavy (non-hydrogen) atoms. The molecule has 2 atom stereocenters. The summed E-state index contributed by atoms with van der Waals surface area (Å²) >= 11 is 3.44. The van der Waals surface area contributed by atoms with Crippen LogP contribution < -0.4 is 10.7 Å². The number of carbonyl (C=O) groups excluding carboxylic acids is 2. The Balaban J connectivity index is 1.39. The molecule has 0 radical (unpaired) electrons. The van der Waals surface area contributed by atoms with E-state index in [9.17, 15) is 9.59 Å². The molecule has 8 nitrogen and oxygen atoms in total. The Morgan fingerprint density at radius 3 is 2.05 bits per heavy atom. The molecular formula is C29H45BrN6O2. The molecule has 9 heteroatoms. The molecule has 1 aromatic carbocycles. The van der Waals surface area contributed by atoms with Crippen LogP contribution in [0.25, 0.3) is 0 Å². The second-order valence-electron chi connectivity index (χ2n) is 10.4. The molecule has 1 saturated heterocycles. The van der Waals surface area contributed by atoms with Gasteiger partial charge in [0.2, 0.25) is 5.96 Å². The van der Waals surface area contributed by atoms with Crippen molar-refractivity contribution in [3.05, 3.63) is 34.3 Å². The highest BCUT2D eigenvalue weighted by Gasteiger charge is 2.48. The van der Waals surface area contributed by atoms with Crippen molar-refractivity contribution >= 4 is 40.0 Å². The largest absolute Gasteiger partial charge is 0.326 e. The summed E-state index contributed by atoms with van der Waals surface area (Å²) in [6.45, 7) is 2.96. The fourth-order valence-electron chi connectivity index (χ4n) is 5.05. The lowest BCUT2D eigenvalue weighted by Crippen LogP contribution is -2.64. The van der Waals surface area contributed by atoms with Crippen LogP contribution in [0.4, 0.5) is 4.79 Å². The first-order valence-electron chi connectivity index (χ1n) is 14.5. The topological polar surface area (TPSA) is 89.4 Å². The molecule has 0 bridgehead atoms. The third kappa shape index (κ3) is 9.40. The summed E-state index contributed by atoms with van der Waals surface area (Å²) in [4.78, 5) is 33.0. The van der Waals surface area contributed by atoms with Gasteiger partial charge in [0, 0.05) is 18.1 Å². The minimum atomic E-state index is -0.548. The number of amides is 3. The molecule has 2 heterocycles. The van der Waals surface area contributed by atoms with E-state index in [4.69, 9.17) is 0 Å². The molecule has 0 aromatic heterocycles. The molecule has 2 aliphatic heterocycles. The number of nitrogens with one attached hydrogen (secondary N) is 2. The van der Waals surface area contributed by atoms with E-state index in [1.165, 1.54) is 81.9 Å². The summed E-state index contributed by atoms with van der Waals surface area (Å²) in [6.07, 6.45) is 19.4. The van der Waals surface area contributed by atoms with Crippen LogP contribution in [0.5, 0.6) is 0 Å². The maximum atomic E-state index is 12.7. The van der Waals surface area contributed by atoms with Gasteiger partial charge in [0.05, 0.1) is 6.21 Å². The Morgan fingerprint density at radius 2 is 1.47 bits per heavy atom. The number of hydrogen-bond donors (Lipinski definition) is 2. The fourth-order valence-corrected chi connectivity index (χ4v) is 5.32. The lowest BCUT2D eigenvalue weighted by molar-refractivity contribution is -0.127. The number of fused-ring (bicyclic) bond motifs is 1. The lowest BCUT2D eigenvalue weighted by atomic mass is 10.0. The van der Waals surface area contributed by atoms with Gasteiger partial charge in [-0.05, 0) is 24.1 Å². The van der Waals surface area contributed by atoms with Gasteiger partial charge in [0.1, 0.15) is 0 Å². The molecule has 2 N–H and O–H groups in total. The van der Waals surface area contributed by atoms with Crippen molar-refractivity contribution in [2.24, 2.45) is 10.1 Å². The number of aliphatic imine (C=N–C) groups is 1. The van der Waals surface area contributed by atoms with Crippen molar-refractivity contribution < 1.29 is 9.59 Å². The number of carbonyl (C=O) groups is 2. The van der Waals surface area contributed by atoms with Crippen LogP contribution in [0.1, 0.15) is 102 Å². The molecule has 1 fully saturated rings. The van der Waals surface area contributed by atoms with Crippen LogP contribution in [0.2, 0.25) is 0 Å². The first-order chi connectivity index (χ1) is 18.5. The predicted octanol–water partition coefficient (Wildman–Crippen LogP) is 6.40. The van der Waals surface area contributed by atoms with Crippen LogP contribution in [0, 0.1) is 0 Å². The van der Waals surface area contributed by atoms with E-state index in [1.54, 1.807) is 13.3 Å². The maximum Gasteiger partial charge on any atom is 0.325 e. The highest BCUT2D eigenvalue weighted by Crippen LogP contribution is 2.24. The fraction of sp³-hybridized carbons (Fsp3) is 0.655. The van der Waals surface area contributed by atoms with Crippen molar-refractivity contribution in [1.82, 2.24) is 20.5 Å². The number of benzene rings is 1. The van der Waals surface area contributed by atoms with E-state index >= 15 is 0 Å². The average Bonchev–Trinajstić information content (AvgIpc) is 3.27. The number of halogens is 1. The molecule has 210 valence electrons. The highest BCUT2D eigenvalue weighted by atomic mass is 79.9. The summed E-state index contributed by atoms with van der Waals surface area (Å²) in [6, 6.07) is 6.86. The number of unbranched alkanes of at least 4 members (excludes halogenated alkanes) is 13. The number of nitrogens with zero attached hydrogens (tertiary/aromatic N) is 4. The molecule has 3 amide bonds. The van der Waals surface area contributed by atoms with Crippen molar-refractivity contribution in [2.45, 2.75) is 109 Å². The normalized spacial score (nSPS) is 19.2. The van der Waals surface area contributed by atoms with Gasteiger partial charge >= 0.3 is 6.03 Å². The summed E-state index contributed by atoms with van der Waals surface area (Å²) < 4.78 is 1.00. The molecule has 3 rings (SSSR count). The predicted molar refractivity (Wildman–Crippen MR) is 158 cm³/mol. The number of rotatable bonds is 17. The summed E-state index contributed by atoms with van der Waals surface area (Å²) in [5.74, 6) is 0.223. The van der Waals surface area contributed by atoms with Crippen LogP contribution >= 0.6 is 15.9 Å². The van der Waals surface area contributed by atoms with E-state index in [2.05, 4.69) is 43.7 Å². The van der Waals surface area contributed by atoms with E-state index in [0.717, 1.165) is 22.9 Å². The standard InChI is InChI=1S/C29H45BrN6O2/c1-3-4-5-6-7-8-9-10-11-12-13-14-15-16-21-36-25-26(35(2)29(38)33-27(25)37)32-28(36)34-31-22-23-17-19-24(30)20-18-23/h17-20,22,25-26H,3-16,21H2,1-2H3,(H,32,34)(H,33,37,38)/b31-22-. The van der Waals surface area contributed by atoms with Gasteiger partial charge in [-0.15, -0.1) is 0 Å². The highest BCUT2D eigenvalue weighted by molar-refractivity contribution is 9.10. The van der Waals surface area contributed by atoms with Crippen molar-refractivity contribution in [2.75, 3.05) is 13.6 Å².